The molecule has 0 unspecified atom stereocenters. The van der Waals surface area contributed by atoms with Gasteiger partial charge in [0.15, 0.2) is 0 Å². The van der Waals surface area contributed by atoms with E-state index in [1.807, 2.05) is 18.7 Å². The Labute approximate surface area is 173 Å². The lowest BCUT2D eigenvalue weighted by molar-refractivity contribution is -0.0586. The molecule has 2 saturated heterocycles. The summed E-state index contributed by atoms with van der Waals surface area (Å²) in [5.74, 6) is 0.444. The number of piperidine rings is 1. The Morgan fingerprint density at radius 3 is 2.62 bits per heavy atom. The average molecular weight is 397 g/mol. The zero-order valence-electron chi connectivity index (χ0n) is 17.7. The maximum atomic E-state index is 13.2. The predicted octanol–water partition coefficient (Wildman–Crippen LogP) is 3.35. The van der Waals surface area contributed by atoms with Crippen LogP contribution >= 0.6 is 0 Å². The molecule has 1 aromatic heterocycles. The molecule has 3 heterocycles. The third-order valence-electron chi connectivity index (χ3n) is 6.09. The molecular formula is C23H32N4O2. The summed E-state index contributed by atoms with van der Waals surface area (Å²) in [5, 5.41) is 7.37. The quantitative estimate of drug-likeness (QED) is 0.861. The van der Waals surface area contributed by atoms with Crippen LogP contribution in [-0.4, -0.2) is 64.3 Å². The van der Waals surface area contributed by atoms with Crippen LogP contribution in [0.25, 0.3) is 0 Å². The van der Waals surface area contributed by atoms with Crippen LogP contribution in [0.4, 0.5) is 0 Å². The van der Waals surface area contributed by atoms with Gasteiger partial charge in [0.2, 0.25) is 0 Å². The summed E-state index contributed by atoms with van der Waals surface area (Å²) in [7, 11) is 0. The Bertz CT molecular complexity index is 831. The molecule has 156 valence electrons. The van der Waals surface area contributed by atoms with Crippen molar-refractivity contribution in [2.75, 3.05) is 26.2 Å². The second kappa shape index (κ2) is 8.67. The molecule has 2 aliphatic heterocycles. The molecule has 1 aromatic carbocycles. The van der Waals surface area contributed by atoms with Crippen molar-refractivity contribution in [1.82, 2.24) is 20.0 Å². The maximum Gasteiger partial charge on any atom is 0.257 e. The molecule has 1 amide bonds. The number of benzene rings is 1. The molecule has 4 rings (SSSR count). The molecule has 0 radical (unpaired) electrons. The smallest absolute Gasteiger partial charge is 0.257 e. The SMILES string of the molecule is Cc1cccc(CN2CCC(c3[nH]ncc3C(=O)N3C[C@@H](C)O[C@H](C)C3)CC2)c1. The van der Waals surface area contributed by atoms with E-state index in [0.717, 1.165) is 43.7 Å². The maximum absolute atomic E-state index is 13.2. The van der Waals surface area contributed by atoms with Gasteiger partial charge >= 0.3 is 0 Å². The van der Waals surface area contributed by atoms with Crippen molar-refractivity contribution < 1.29 is 9.53 Å². The van der Waals surface area contributed by atoms with Gasteiger partial charge in [0, 0.05) is 25.6 Å². The van der Waals surface area contributed by atoms with Gasteiger partial charge in [0.25, 0.3) is 5.91 Å². The zero-order valence-corrected chi connectivity index (χ0v) is 17.7. The van der Waals surface area contributed by atoms with Crippen molar-refractivity contribution in [3.05, 3.63) is 52.8 Å². The Kier molecular flexibility index (Phi) is 6.01. The first-order valence-electron chi connectivity index (χ1n) is 10.8. The van der Waals surface area contributed by atoms with Crippen molar-refractivity contribution in [1.29, 1.82) is 0 Å². The number of amides is 1. The van der Waals surface area contributed by atoms with Crippen LogP contribution in [-0.2, 0) is 11.3 Å². The van der Waals surface area contributed by atoms with Crippen molar-refractivity contribution in [2.24, 2.45) is 0 Å². The number of aromatic nitrogens is 2. The van der Waals surface area contributed by atoms with Gasteiger partial charge in [0.1, 0.15) is 0 Å². The van der Waals surface area contributed by atoms with Gasteiger partial charge in [-0.3, -0.25) is 14.8 Å². The Balaban J connectivity index is 1.38. The lowest BCUT2D eigenvalue weighted by Crippen LogP contribution is -2.48. The third-order valence-corrected chi connectivity index (χ3v) is 6.09. The number of aryl methyl sites for hydroxylation is 1. The van der Waals surface area contributed by atoms with Gasteiger partial charge in [-0.2, -0.15) is 5.10 Å². The van der Waals surface area contributed by atoms with Crippen molar-refractivity contribution in [2.45, 2.75) is 58.3 Å². The molecule has 0 aliphatic carbocycles. The zero-order chi connectivity index (χ0) is 20.4. The summed E-state index contributed by atoms with van der Waals surface area (Å²) in [5.41, 5.74) is 4.43. The third kappa shape index (κ3) is 4.70. The Morgan fingerprint density at radius 2 is 1.93 bits per heavy atom. The summed E-state index contributed by atoms with van der Waals surface area (Å²) < 4.78 is 5.78. The van der Waals surface area contributed by atoms with Gasteiger partial charge < -0.3 is 9.64 Å². The van der Waals surface area contributed by atoms with E-state index in [1.54, 1.807) is 6.20 Å². The molecule has 2 aliphatic rings. The Hall–Kier alpha value is -2.18. The lowest BCUT2D eigenvalue weighted by atomic mass is 9.90. The van der Waals surface area contributed by atoms with Crippen LogP contribution < -0.4 is 0 Å². The highest BCUT2D eigenvalue weighted by atomic mass is 16.5. The molecule has 2 atom stereocenters. The van der Waals surface area contributed by atoms with Crippen LogP contribution in [0.5, 0.6) is 0 Å². The van der Waals surface area contributed by atoms with Crippen molar-refractivity contribution in [3.63, 3.8) is 0 Å². The highest BCUT2D eigenvalue weighted by Gasteiger charge is 2.31. The average Bonchev–Trinajstić information content (AvgIpc) is 3.17. The molecule has 1 N–H and O–H groups in total. The van der Waals surface area contributed by atoms with Crippen LogP contribution in [0.2, 0.25) is 0 Å². The number of likely N-dealkylation sites (tertiary alicyclic amines) is 1. The number of ether oxygens (including phenoxy) is 1. The molecule has 29 heavy (non-hydrogen) atoms. The van der Waals surface area contributed by atoms with Gasteiger partial charge in [-0.15, -0.1) is 0 Å². The number of carbonyl (C=O) groups excluding carboxylic acids is 1. The monoisotopic (exact) mass is 396 g/mol. The first-order valence-corrected chi connectivity index (χ1v) is 10.8. The second-order valence-corrected chi connectivity index (χ2v) is 8.70. The number of hydrogen-bond donors (Lipinski definition) is 1. The first kappa shape index (κ1) is 20.1. The van der Waals surface area contributed by atoms with Crippen LogP contribution in [0.1, 0.15) is 59.8 Å². The summed E-state index contributed by atoms with van der Waals surface area (Å²) >= 11 is 0. The van der Waals surface area contributed by atoms with Gasteiger partial charge in [-0.05, 0) is 52.3 Å². The fourth-order valence-electron chi connectivity index (χ4n) is 4.74. The standard InChI is InChI=1S/C23H32N4O2/c1-16-5-4-6-19(11-16)15-26-9-7-20(8-10-26)22-21(12-24-25-22)23(28)27-13-17(2)29-18(3)14-27/h4-6,11-12,17-18,20H,7-10,13-15H2,1-3H3,(H,24,25)/t17-,18-/m1/s1. The molecule has 0 bridgehead atoms. The molecule has 6 heteroatoms. The number of rotatable bonds is 4. The minimum atomic E-state index is 0.0721. The number of carbonyl (C=O) groups is 1. The molecule has 0 saturated carbocycles. The van der Waals surface area contributed by atoms with E-state index < -0.39 is 0 Å². The highest BCUT2D eigenvalue weighted by molar-refractivity contribution is 5.95. The van der Waals surface area contributed by atoms with Gasteiger partial charge in [-0.25, -0.2) is 0 Å². The van der Waals surface area contributed by atoms with Crippen LogP contribution in [0.15, 0.2) is 30.5 Å². The summed E-state index contributed by atoms with van der Waals surface area (Å²) in [6.45, 7) is 10.5. The molecular weight excluding hydrogens is 364 g/mol. The van der Waals surface area contributed by atoms with Crippen LogP contribution in [0.3, 0.4) is 0 Å². The Morgan fingerprint density at radius 1 is 1.21 bits per heavy atom. The molecule has 0 spiro atoms. The van der Waals surface area contributed by atoms with E-state index in [2.05, 4.69) is 46.3 Å². The summed E-state index contributed by atoms with van der Waals surface area (Å²) in [4.78, 5) is 17.6. The fourth-order valence-corrected chi connectivity index (χ4v) is 4.74. The second-order valence-electron chi connectivity index (χ2n) is 8.70. The lowest BCUT2D eigenvalue weighted by Gasteiger charge is -2.36. The van der Waals surface area contributed by atoms with Crippen molar-refractivity contribution in [3.8, 4) is 0 Å². The van der Waals surface area contributed by atoms with Crippen molar-refractivity contribution >= 4 is 5.91 Å². The first-order chi connectivity index (χ1) is 14.0. The van der Waals surface area contributed by atoms with Gasteiger partial charge in [-0.1, -0.05) is 29.8 Å². The molecule has 6 nitrogen and oxygen atoms in total. The number of aromatic amines is 1. The number of nitrogens with one attached hydrogen (secondary N) is 1. The number of H-pyrrole nitrogens is 1. The fraction of sp³-hybridized carbons (Fsp3) is 0.565. The van der Waals surface area contributed by atoms with E-state index in [9.17, 15) is 4.79 Å². The molecule has 2 fully saturated rings. The minimum Gasteiger partial charge on any atom is -0.372 e. The minimum absolute atomic E-state index is 0.0721. The topological polar surface area (TPSA) is 61.5 Å². The van der Waals surface area contributed by atoms with E-state index in [1.165, 1.54) is 11.1 Å². The predicted molar refractivity (Wildman–Crippen MR) is 113 cm³/mol. The van der Waals surface area contributed by atoms with E-state index >= 15 is 0 Å². The molecule has 2 aromatic rings. The number of nitrogens with zero attached hydrogens (tertiary/aromatic N) is 3. The van der Waals surface area contributed by atoms with Gasteiger partial charge in [0.05, 0.1) is 29.7 Å². The van der Waals surface area contributed by atoms with E-state index in [4.69, 9.17) is 4.74 Å². The number of morpholine rings is 1. The van der Waals surface area contributed by atoms with Crippen LogP contribution in [0, 0.1) is 6.92 Å². The number of hydrogen-bond acceptors (Lipinski definition) is 4. The van der Waals surface area contributed by atoms with E-state index in [-0.39, 0.29) is 18.1 Å². The largest absolute Gasteiger partial charge is 0.372 e. The normalized spacial score (nSPS) is 24.0. The summed E-state index contributed by atoms with van der Waals surface area (Å²) in [6, 6.07) is 8.74. The highest BCUT2D eigenvalue weighted by Crippen LogP contribution is 2.30. The van der Waals surface area contributed by atoms with E-state index in [0.29, 0.717) is 19.0 Å². The summed E-state index contributed by atoms with van der Waals surface area (Å²) in [6.07, 6.45) is 3.95.